The van der Waals surface area contributed by atoms with Gasteiger partial charge >= 0.3 is 0 Å². The van der Waals surface area contributed by atoms with Gasteiger partial charge in [-0.2, -0.15) is 0 Å². The number of para-hydroxylation sites is 1. The molecule has 138 valence electrons. The summed E-state index contributed by atoms with van der Waals surface area (Å²) in [6.07, 6.45) is 4.97. The van der Waals surface area contributed by atoms with Crippen LogP contribution in [0.5, 0.6) is 5.75 Å². The number of carbonyl (C=O) groups is 1. The Morgan fingerprint density at radius 1 is 0.964 bits per heavy atom. The predicted octanol–water partition coefficient (Wildman–Crippen LogP) is 4.47. The van der Waals surface area contributed by atoms with Crippen LogP contribution in [0, 0.1) is 12.3 Å². The second-order valence-corrected chi connectivity index (χ2v) is 6.57. The van der Waals surface area contributed by atoms with Gasteiger partial charge in [-0.15, -0.1) is 6.42 Å². The molecule has 0 fully saturated rings. The van der Waals surface area contributed by atoms with E-state index in [-0.39, 0.29) is 18.7 Å². The number of nitrogens with one attached hydrogen (secondary N) is 1. The number of hydrogen-bond donors (Lipinski definition) is 1. The van der Waals surface area contributed by atoms with Crippen molar-refractivity contribution in [3.05, 3.63) is 95.6 Å². The Kier molecular flexibility index (Phi) is 4.99. The van der Waals surface area contributed by atoms with Crippen LogP contribution < -0.4 is 10.1 Å². The lowest BCUT2D eigenvalue weighted by molar-refractivity contribution is 0.0666. The third kappa shape index (κ3) is 3.56. The first kappa shape index (κ1) is 17.7. The molecule has 3 aromatic carbocycles. The van der Waals surface area contributed by atoms with Gasteiger partial charge < -0.3 is 15.0 Å². The van der Waals surface area contributed by atoms with Crippen molar-refractivity contribution < 1.29 is 9.53 Å². The van der Waals surface area contributed by atoms with Crippen LogP contribution in [0.1, 0.15) is 27.7 Å². The molecule has 1 heterocycles. The second kappa shape index (κ2) is 7.89. The van der Waals surface area contributed by atoms with E-state index < -0.39 is 0 Å². The molecule has 4 heteroatoms. The highest BCUT2D eigenvalue weighted by atomic mass is 16.5. The summed E-state index contributed by atoms with van der Waals surface area (Å²) in [6.45, 7) is 0.744. The smallest absolute Gasteiger partial charge is 0.258 e. The Morgan fingerprint density at radius 3 is 2.43 bits per heavy atom. The number of anilines is 1. The maximum Gasteiger partial charge on any atom is 0.258 e. The van der Waals surface area contributed by atoms with E-state index in [1.807, 2.05) is 83.8 Å². The SMILES string of the molecule is C#CCOc1ccc(C2Nc3ccccc3C(=O)N2Cc2ccccc2)cc1. The molecule has 0 radical (unpaired) electrons. The van der Waals surface area contributed by atoms with Gasteiger partial charge in [0.1, 0.15) is 18.5 Å². The van der Waals surface area contributed by atoms with E-state index in [1.165, 1.54) is 0 Å². The summed E-state index contributed by atoms with van der Waals surface area (Å²) in [7, 11) is 0. The third-order valence-corrected chi connectivity index (χ3v) is 4.74. The molecule has 28 heavy (non-hydrogen) atoms. The molecule has 0 bridgehead atoms. The van der Waals surface area contributed by atoms with Gasteiger partial charge in [-0.3, -0.25) is 4.79 Å². The van der Waals surface area contributed by atoms with E-state index in [0.717, 1.165) is 16.8 Å². The summed E-state index contributed by atoms with van der Waals surface area (Å²) in [5.41, 5.74) is 3.58. The molecule has 0 saturated carbocycles. The number of fused-ring (bicyclic) bond motifs is 1. The van der Waals surface area contributed by atoms with E-state index in [1.54, 1.807) is 0 Å². The largest absolute Gasteiger partial charge is 0.481 e. The minimum Gasteiger partial charge on any atom is -0.481 e. The zero-order valence-corrected chi connectivity index (χ0v) is 15.3. The van der Waals surface area contributed by atoms with E-state index >= 15 is 0 Å². The van der Waals surface area contributed by atoms with Gasteiger partial charge in [-0.05, 0) is 35.4 Å². The maximum atomic E-state index is 13.3. The number of ether oxygens (including phenoxy) is 1. The van der Waals surface area contributed by atoms with E-state index in [9.17, 15) is 4.79 Å². The van der Waals surface area contributed by atoms with Crippen LogP contribution in [0.2, 0.25) is 0 Å². The van der Waals surface area contributed by atoms with Gasteiger partial charge in [0.2, 0.25) is 0 Å². The van der Waals surface area contributed by atoms with Crippen LogP contribution >= 0.6 is 0 Å². The molecule has 1 unspecified atom stereocenters. The van der Waals surface area contributed by atoms with Crippen molar-refractivity contribution >= 4 is 11.6 Å². The van der Waals surface area contributed by atoms with E-state index in [2.05, 4.69) is 11.2 Å². The lowest BCUT2D eigenvalue weighted by Crippen LogP contribution is -2.42. The maximum absolute atomic E-state index is 13.3. The number of nitrogens with zero attached hydrogens (tertiary/aromatic N) is 1. The highest BCUT2D eigenvalue weighted by Gasteiger charge is 2.32. The minimum atomic E-state index is -0.274. The quantitative estimate of drug-likeness (QED) is 0.676. The Hall–Kier alpha value is -3.71. The molecule has 3 aromatic rings. The average molecular weight is 368 g/mol. The molecule has 1 aliphatic heterocycles. The van der Waals surface area contributed by atoms with Crippen LogP contribution in [0.25, 0.3) is 0 Å². The number of hydrogen-bond acceptors (Lipinski definition) is 3. The van der Waals surface area contributed by atoms with E-state index in [4.69, 9.17) is 11.2 Å². The van der Waals surface area contributed by atoms with Gasteiger partial charge in [-0.1, -0.05) is 60.5 Å². The van der Waals surface area contributed by atoms with Crippen molar-refractivity contribution in [2.75, 3.05) is 11.9 Å². The van der Waals surface area contributed by atoms with Crippen molar-refractivity contribution in [2.24, 2.45) is 0 Å². The Labute approximate surface area is 164 Å². The molecular weight excluding hydrogens is 348 g/mol. The standard InChI is InChI=1S/C24H20N2O2/c1-2-16-28-20-14-12-19(13-15-20)23-25-22-11-7-6-10-21(22)24(27)26(23)17-18-8-4-3-5-9-18/h1,3-15,23,25H,16-17H2. The molecule has 1 atom stereocenters. The molecular formula is C24H20N2O2. The summed E-state index contributed by atoms with van der Waals surface area (Å²) in [5.74, 6) is 3.18. The number of amides is 1. The second-order valence-electron chi connectivity index (χ2n) is 6.57. The zero-order valence-electron chi connectivity index (χ0n) is 15.3. The van der Waals surface area contributed by atoms with Crippen molar-refractivity contribution in [3.8, 4) is 18.1 Å². The van der Waals surface area contributed by atoms with Crippen LogP contribution in [-0.4, -0.2) is 17.4 Å². The fraction of sp³-hybridized carbons (Fsp3) is 0.125. The van der Waals surface area contributed by atoms with Crippen LogP contribution in [0.15, 0.2) is 78.9 Å². The number of rotatable bonds is 5. The molecule has 1 aliphatic rings. The van der Waals surface area contributed by atoms with Gasteiger partial charge in [0.25, 0.3) is 5.91 Å². The van der Waals surface area contributed by atoms with Crippen molar-refractivity contribution in [1.82, 2.24) is 4.90 Å². The fourth-order valence-corrected chi connectivity index (χ4v) is 3.37. The fourth-order valence-electron chi connectivity index (χ4n) is 3.37. The number of benzene rings is 3. The highest BCUT2D eigenvalue weighted by molar-refractivity contribution is 6.01. The lowest BCUT2D eigenvalue weighted by Gasteiger charge is -2.38. The Bertz CT molecular complexity index is 1010. The molecule has 4 nitrogen and oxygen atoms in total. The first-order chi connectivity index (χ1) is 13.8. The normalized spacial score (nSPS) is 15.3. The molecule has 0 spiro atoms. The average Bonchev–Trinajstić information content (AvgIpc) is 2.75. The molecule has 4 rings (SSSR count). The van der Waals surface area contributed by atoms with Gasteiger partial charge in [0.05, 0.1) is 5.56 Å². The summed E-state index contributed by atoms with van der Waals surface area (Å²) >= 11 is 0. The third-order valence-electron chi connectivity index (χ3n) is 4.74. The molecule has 0 aliphatic carbocycles. The summed E-state index contributed by atoms with van der Waals surface area (Å²) in [5, 5.41) is 3.51. The van der Waals surface area contributed by atoms with Crippen LogP contribution in [0.3, 0.4) is 0 Å². The molecule has 0 saturated heterocycles. The van der Waals surface area contributed by atoms with Gasteiger partial charge in [0.15, 0.2) is 0 Å². The summed E-state index contributed by atoms with van der Waals surface area (Å²) in [6, 6.07) is 25.3. The molecule has 0 aromatic heterocycles. The lowest BCUT2D eigenvalue weighted by atomic mass is 10.0. The van der Waals surface area contributed by atoms with Crippen LogP contribution in [-0.2, 0) is 6.54 Å². The van der Waals surface area contributed by atoms with Crippen molar-refractivity contribution in [3.63, 3.8) is 0 Å². The highest BCUT2D eigenvalue weighted by Crippen LogP contribution is 2.34. The van der Waals surface area contributed by atoms with Gasteiger partial charge in [-0.25, -0.2) is 0 Å². The topological polar surface area (TPSA) is 41.6 Å². The van der Waals surface area contributed by atoms with Crippen molar-refractivity contribution in [1.29, 1.82) is 0 Å². The Balaban J connectivity index is 1.68. The molecule has 1 amide bonds. The minimum absolute atomic E-state index is 0.0101. The summed E-state index contributed by atoms with van der Waals surface area (Å²) in [4.78, 5) is 15.1. The zero-order chi connectivity index (χ0) is 19.3. The summed E-state index contributed by atoms with van der Waals surface area (Å²) < 4.78 is 5.46. The van der Waals surface area contributed by atoms with E-state index in [0.29, 0.717) is 17.9 Å². The van der Waals surface area contributed by atoms with Crippen molar-refractivity contribution in [2.45, 2.75) is 12.7 Å². The van der Waals surface area contributed by atoms with Gasteiger partial charge in [0, 0.05) is 12.2 Å². The monoisotopic (exact) mass is 368 g/mol. The first-order valence-electron chi connectivity index (χ1n) is 9.13. The number of carbonyl (C=O) groups excluding carboxylic acids is 1. The molecule has 1 N–H and O–H groups in total. The first-order valence-corrected chi connectivity index (χ1v) is 9.13. The number of terminal acetylenes is 1. The predicted molar refractivity (Wildman–Crippen MR) is 110 cm³/mol. The van der Waals surface area contributed by atoms with Crippen LogP contribution in [0.4, 0.5) is 5.69 Å². The Morgan fingerprint density at radius 2 is 1.68 bits per heavy atom.